The first-order chi connectivity index (χ1) is 6.83. The molecule has 1 nitrogen and oxygen atoms in total. The second kappa shape index (κ2) is 7.20. The van der Waals surface area contributed by atoms with E-state index < -0.39 is 0 Å². The van der Waals surface area contributed by atoms with Crippen molar-refractivity contribution in [2.45, 2.75) is 56.7 Å². The molecule has 1 fully saturated rings. The summed E-state index contributed by atoms with van der Waals surface area (Å²) in [6.07, 6.45) is 7.93. The first-order valence-corrected chi connectivity index (χ1v) is 6.64. The molecule has 1 aliphatic carbocycles. The molecule has 0 aromatic heterocycles. The van der Waals surface area contributed by atoms with E-state index in [9.17, 15) is 0 Å². The summed E-state index contributed by atoms with van der Waals surface area (Å²) in [4.78, 5) is 0. The molecule has 1 unspecified atom stereocenters. The third-order valence-corrected chi connectivity index (χ3v) is 4.20. The standard InChI is InChI=1S/C12H21NS/c1-2-3-7-11(13)10-14-12-8-5-4-6-9-12/h11-12H,4-10,13H2,1H3. The van der Waals surface area contributed by atoms with Gasteiger partial charge in [0.05, 0.1) is 0 Å². The molecular weight excluding hydrogens is 190 g/mol. The van der Waals surface area contributed by atoms with Gasteiger partial charge < -0.3 is 5.73 Å². The Hall–Kier alpha value is -0.130. The van der Waals surface area contributed by atoms with E-state index in [4.69, 9.17) is 5.73 Å². The molecule has 0 aromatic rings. The van der Waals surface area contributed by atoms with Crippen LogP contribution in [0.1, 0.15) is 45.4 Å². The highest BCUT2D eigenvalue weighted by molar-refractivity contribution is 7.99. The lowest BCUT2D eigenvalue weighted by atomic mass is 10.0. The van der Waals surface area contributed by atoms with Crippen molar-refractivity contribution in [3.8, 4) is 11.8 Å². The Morgan fingerprint density at radius 1 is 1.36 bits per heavy atom. The van der Waals surface area contributed by atoms with E-state index in [1.807, 2.05) is 6.92 Å². The molecule has 2 heteroatoms. The van der Waals surface area contributed by atoms with E-state index in [0.29, 0.717) is 0 Å². The molecule has 0 aliphatic heterocycles. The van der Waals surface area contributed by atoms with Crippen molar-refractivity contribution in [3.05, 3.63) is 0 Å². The van der Waals surface area contributed by atoms with E-state index in [0.717, 1.165) is 17.4 Å². The van der Waals surface area contributed by atoms with Gasteiger partial charge in [0.25, 0.3) is 0 Å². The Morgan fingerprint density at radius 2 is 2.07 bits per heavy atom. The molecule has 1 atom stereocenters. The quantitative estimate of drug-likeness (QED) is 0.724. The highest BCUT2D eigenvalue weighted by Gasteiger charge is 2.14. The molecule has 0 aromatic carbocycles. The summed E-state index contributed by atoms with van der Waals surface area (Å²) < 4.78 is 0. The van der Waals surface area contributed by atoms with Gasteiger partial charge in [-0.3, -0.25) is 0 Å². The Balaban J connectivity index is 2.08. The first kappa shape index (κ1) is 11.9. The smallest absolute Gasteiger partial charge is 0.0249 e. The third kappa shape index (κ3) is 4.93. The van der Waals surface area contributed by atoms with Crippen molar-refractivity contribution in [1.29, 1.82) is 0 Å². The number of nitrogens with two attached hydrogens (primary N) is 1. The van der Waals surface area contributed by atoms with Crippen LogP contribution >= 0.6 is 11.8 Å². The number of rotatable bonds is 4. The zero-order valence-electron chi connectivity index (χ0n) is 9.09. The van der Waals surface area contributed by atoms with Gasteiger partial charge >= 0.3 is 0 Å². The van der Waals surface area contributed by atoms with Crippen LogP contribution in [0.3, 0.4) is 0 Å². The molecule has 0 bridgehead atoms. The maximum absolute atomic E-state index is 5.95. The van der Waals surface area contributed by atoms with Crippen LogP contribution in [0.4, 0.5) is 0 Å². The van der Waals surface area contributed by atoms with Crippen LogP contribution < -0.4 is 5.73 Å². The number of hydrogen-bond acceptors (Lipinski definition) is 2. The average molecular weight is 211 g/mol. The van der Waals surface area contributed by atoms with Crippen LogP contribution in [0.25, 0.3) is 0 Å². The summed E-state index contributed by atoms with van der Waals surface area (Å²) in [5.74, 6) is 7.03. The minimum atomic E-state index is 0.273. The molecule has 80 valence electrons. The van der Waals surface area contributed by atoms with Crippen LogP contribution in [0, 0.1) is 11.8 Å². The Bertz CT molecular complexity index is 198. The summed E-state index contributed by atoms with van der Waals surface area (Å²) >= 11 is 2.06. The van der Waals surface area contributed by atoms with Crippen LogP contribution in [0.5, 0.6) is 0 Å². The van der Waals surface area contributed by atoms with Gasteiger partial charge in [-0.1, -0.05) is 19.3 Å². The van der Waals surface area contributed by atoms with Gasteiger partial charge in [-0.2, -0.15) is 11.8 Å². The van der Waals surface area contributed by atoms with Gasteiger partial charge in [0.15, 0.2) is 0 Å². The lowest BCUT2D eigenvalue weighted by molar-refractivity contribution is 0.515. The van der Waals surface area contributed by atoms with Crippen molar-refractivity contribution < 1.29 is 0 Å². The number of hydrogen-bond donors (Lipinski definition) is 1. The maximum Gasteiger partial charge on any atom is 0.0249 e. The maximum atomic E-state index is 5.95. The average Bonchev–Trinajstić information content (AvgIpc) is 2.25. The second-order valence-corrected chi connectivity index (χ2v) is 5.32. The van der Waals surface area contributed by atoms with Gasteiger partial charge in [-0.05, 0) is 19.8 Å². The molecule has 0 spiro atoms. The SMILES string of the molecule is CC#CCC(N)CSC1CCCCC1. The highest BCUT2D eigenvalue weighted by atomic mass is 32.2. The van der Waals surface area contributed by atoms with Crippen molar-refractivity contribution in [1.82, 2.24) is 0 Å². The van der Waals surface area contributed by atoms with Gasteiger partial charge in [-0.15, -0.1) is 11.8 Å². The van der Waals surface area contributed by atoms with E-state index in [2.05, 4.69) is 23.6 Å². The summed E-state index contributed by atoms with van der Waals surface area (Å²) in [5.41, 5.74) is 5.95. The van der Waals surface area contributed by atoms with Crippen LogP contribution in [0.2, 0.25) is 0 Å². The molecule has 0 amide bonds. The monoisotopic (exact) mass is 211 g/mol. The molecule has 0 heterocycles. The third-order valence-electron chi connectivity index (χ3n) is 2.64. The summed E-state index contributed by atoms with van der Waals surface area (Å²) in [6, 6.07) is 0.273. The molecule has 1 rings (SSSR count). The fraction of sp³-hybridized carbons (Fsp3) is 0.833. The largest absolute Gasteiger partial charge is 0.326 e. The molecular formula is C12H21NS. The Kier molecular flexibility index (Phi) is 6.14. The van der Waals surface area contributed by atoms with Crippen molar-refractivity contribution >= 4 is 11.8 Å². The Morgan fingerprint density at radius 3 is 2.71 bits per heavy atom. The van der Waals surface area contributed by atoms with Crippen molar-refractivity contribution in [2.75, 3.05) is 5.75 Å². The summed E-state index contributed by atoms with van der Waals surface area (Å²) in [7, 11) is 0. The predicted molar refractivity (Wildman–Crippen MR) is 65.4 cm³/mol. The molecule has 1 aliphatic rings. The fourth-order valence-corrected chi connectivity index (χ4v) is 3.09. The van der Waals surface area contributed by atoms with Crippen molar-refractivity contribution in [3.63, 3.8) is 0 Å². The summed E-state index contributed by atoms with van der Waals surface area (Å²) in [6.45, 7) is 1.88. The van der Waals surface area contributed by atoms with E-state index >= 15 is 0 Å². The van der Waals surface area contributed by atoms with Crippen LogP contribution in [0.15, 0.2) is 0 Å². The van der Waals surface area contributed by atoms with Gasteiger partial charge in [-0.25, -0.2) is 0 Å². The molecule has 0 radical (unpaired) electrons. The second-order valence-electron chi connectivity index (χ2n) is 3.98. The van der Waals surface area contributed by atoms with Gasteiger partial charge in [0.2, 0.25) is 0 Å². The zero-order valence-corrected chi connectivity index (χ0v) is 9.91. The molecule has 2 N–H and O–H groups in total. The van der Waals surface area contributed by atoms with Gasteiger partial charge in [0, 0.05) is 23.5 Å². The van der Waals surface area contributed by atoms with E-state index in [1.165, 1.54) is 32.1 Å². The van der Waals surface area contributed by atoms with Crippen LogP contribution in [-0.2, 0) is 0 Å². The van der Waals surface area contributed by atoms with Gasteiger partial charge in [0.1, 0.15) is 0 Å². The van der Waals surface area contributed by atoms with Crippen LogP contribution in [-0.4, -0.2) is 17.0 Å². The minimum absolute atomic E-state index is 0.273. The predicted octanol–water partition coefficient (Wildman–Crippen LogP) is 2.79. The molecule has 0 saturated heterocycles. The normalized spacial score (nSPS) is 19.9. The minimum Gasteiger partial charge on any atom is -0.326 e. The lowest BCUT2D eigenvalue weighted by Crippen LogP contribution is -2.24. The molecule has 14 heavy (non-hydrogen) atoms. The number of thioether (sulfide) groups is 1. The van der Waals surface area contributed by atoms with E-state index in [1.54, 1.807) is 0 Å². The summed E-state index contributed by atoms with van der Waals surface area (Å²) in [5, 5.41) is 0.879. The zero-order chi connectivity index (χ0) is 10.2. The Labute approximate surface area is 92.2 Å². The van der Waals surface area contributed by atoms with E-state index in [-0.39, 0.29) is 6.04 Å². The molecule has 1 saturated carbocycles. The fourth-order valence-electron chi connectivity index (χ4n) is 1.78. The van der Waals surface area contributed by atoms with Crippen molar-refractivity contribution in [2.24, 2.45) is 5.73 Å². The lowest BCUT2D eigenvalue weighted by Gasteiger charge is -2.22. The highest BCUT2D eigenvalue weighted by Crippen LogP contribution is 2.28. The topological polar surface area (TPSA) is 26.0 Å². The first-order valence-electron chi connectivity index (χ1n) is 5.59.